The monoisotopic (exact) mass is 406 g/mol. The molecule has 0 aliphatic rings. The molecular formula is C18H16Cl2N4O3. The summed E-state index contributed by atoms with van der Waals surface area (Å²) in [5, 5.41) is 1.17. The highest BCUT2D eigenvalue weighted by Gasteiger charge is 2.17. The van der Waals surface area contributed by atoms with Crippen LogP contribution in [0, 0.1) is 0 Å². The topological polar surface area (TPSA) is 77.2 Å². The predicted molar refractivity (Wildman–Crippen MR) is 104 cm³/mol. The molecule has 0 aliphatic carbocycles. The number of carbonyl (C=O) groups excluding carboxylic acids is 1. The second kappa shape index (κ2) is 7.17. The third-order valence-electron chi connectivity index (χ3n) is 4.31. The van der Waals surface area contributed by atoms with E-state index in [0.29, 0.717) is 10.0 Å². The Hall–Kier alpha value is -2.64. The number of pyridine rings is 1. The van der Waals surface area contributed by atoms with Gasteiger partial charge in [0.15, 0.2) is 0 Å². The minimum atomic E-state index is -0.501. The van der Waals surface area contributed by atoms with E-state index in [1.165, 1.54) is 35.8 Å². The van der Waals surface area contributed by atoms with Crippen LogP contribution < -0.4 is 11.2 Å². The van der Waals surface area contributed by atoms with Crippen LogP contribution in [0.2, 0.25) is 10.0 Å². The molecule has 2 heterocycles. The molecule has 0 atom stereocenters. The van der Waals surface area contributed by atoms with Crippen molar-refractivity contribution in [3.8, 4) is 0 Å². The maximum absolute atomic E-state index is 12.8. The lowest BCUT2D eigenvalue weighted by Crippen LogP contribution is -2.37. The zero-order chi connectivity index (χ0) is 19.9. The first-order valence-corrected chi connectivity index (χ1v) is 8.71. The average molecular weight is 407 g/mol. The van der Waals surface area contributed by atoms with Crippen LogP contribution in [0.1, 0.15) is 15.9 Å². The molecule has 27 heavy (non-hydrogen) atoms. The molecule has 140 valence electrons. The van der Waals surface area contributed by atoms with Crippen molar-refractivity contribution in [2.75, 3.05) is 7.05 Å². The Morgan fingerprint density at radius 3 is 2.52 bits per heavy atom. The molecule has 0 aliphatic heterocycles. The van der Waals surface area contributed by atoms with E-state index in [4.69, 9.17) is 23.2 Å². The van der Waals surface area contributed by atoms with E-state index >= 15 is 0 Å². The fourth-order valence-electron chi connectivity index (χ4n) is 2.78. The summed E-state index contributed by atoms with van der Waals surface area (Å²) in [5.74, 6) is -0.327. The number of aromatic nitrogens is 3. The molecule has 0 saturated carbocycles. The van der Waals surface area contributed by atoms with Crippen molar-refractivity contribution in [1.82, 2.24) is 19.0 Å². The smallest absolute Gasteiger partial charge is 0.332 e. The zero-order valence-corrected chi connectivity index (χ0v) is 16.4. The third-order valence-corrected chi connectivity index (χ3v) is 4.90. The average Bonchev–Trinajstić information content (AvgIpc) is 2.65. The summed E-state index contributed by atoms with van der Waals surface area (Å²) in [4.78, 5) is 42.7. The molecule has 0 radical (unpaired) electrons. The molecule has 1 amide bonds. The van der Waals surface area contributed by atoms with E-state index in [0.717, 1.165) is 10.1 Å². The number of aryl methyl sites for hydroxylation is 1. The molecule has 0 unspecified atom stereocenters. The first-order valence-electron chi connectivity index (χ1n) is 7.96. The van der Waals surface area contributed by atoms with Gasteiger partial charge in [-0.1, -0.05) is 29.3 Å². The molecular weight excluding hydrogens is 391 g/mol. The van der Waals surface area contributed by atoms with E-state index < -0.39 is 11.2 Å². The summed E-state index contributed by atoms with van der Waals surface area (Å²) in [6.07, 6.45) is 1.35. The van der Waals surface area contributed by atoms with Gasteiger partial charge in [0.2, 0.25) is 0 Å². The van der Waals surface area contributed by atoms with Crippen molar-refractivity contribution in [3.05, 3.63) is 72.5 Å². The number of hydrogen-bond donors (Lipinski definition) is 0. The lowest BCUT2D eigenvalue weighted by molar-refractivity contribution is 0.0785. The number of fused-ring (bicyclic) bond motifs is 1. The summed E-state index contributed by atoms with van der Waals surface area (Å²) in [5.41, 5.74) is 0.227. The lowest BCUT2D eigenvalue weighted by atomic mass is 10.1. The zero-order valence-electron chi connectivity index (χ0n) is 14.9. The van der Waals surface area contributed by atoms with Crippen molar-refractivity contribution < 1.29 is 4.79 Å². The van der Waals surface area contributed by atoms with Gasteiger partial charge in [-0.2, -0.15) is 0 Å². The minimum Gasteiger partial charge on any atom is -0.337 e. The van der Waals surface area contributed by atoms with Crippen LogP contribution in [0.4, 0.5) is 0 Å². The van der Waals surface area contributed by atoms with Gasteiger partial charge in [-0.25, -0.2) is 9.78 Å². The van der Waals surface area contributed by atoms with Crippen LogP contribution in [0.3, 0.4) is 0 Å². The van der Waals surface area contributed by atoms with Crippen molar-refractivity contribution >= 4 is 40.1 Å². The molecule has 7 nitrogen and oxygen atoms in total. The van der Waals surface area contributed by atoms with Gasteiger partial charge in [0.05, 0.1) is 10.9 Å². The number of rotatable bonds is 3. The van der Waals surface area contributed by atoms with Crippen LogP contribution >= 0.6 is 23.2 Å². The molecule has 9 heteroatoms. The number of amides is 1. The SMILES string of the molecule is CN(Cc1ccc(Cl)cc1Cl)C(=O)c1cnc2c(c1)c(=O)n(C)c(=O)n2C. The highest BCUT2D eigenvalue weighted by atomic mass is 35.5. The van der Waals surface area contributed by atoms with Crippen molar-refractivity contribution in [1.29, 1.82) is 0 Å². The Morgan fingerprint density at radius 2 is 1.85 bits per heavy atom. The second-order valence-electron chi connectivity index (χ2n) is 6.20. The second-order valence-corrected chi connectivity index (χ2v) is 7.04. The third kappa shape index (κ3) is 3.48. The number of hydrogen-bond acceptors (Lipinski definition) is 4. The number of nitrogens with zero attached hydrogens (tertiary/aromatic N) is 4. The first-order chi connectivity index (χ1) is 12.7. The molecule has 0 bridgehead atoms. The number of carbonyl (C=O) groups is 1. The number of halogens is 2. The molecule has 2 aromatic heterocycles. The highest BCUT2D eigenvalue weighted by molar-refractivity contribution is 6.35. The van der Waals surface area contributed by atoms with Gasteiger partial charge in [-0.15, -0.1) is 0 Å². The Balaban J connectivity index is 1.98. The molecule has 0 saturated heterocycles. The van der Waals surface area contributed by atoms with E-state index in [2.05, 4.69) is 4.98 Å². The predicted octanol–water partition coefficient (Wildman–Crippen LogP) is 2.21. The van der Waals surface area contributed by atoms with Gasteiger partial charge in [0, 0.05) is 43.9 Å². The number of benzene rings is 1. The minimum absolute atomic E-state index is 0.198. The van der Waals surface area contributed by atoms with Crippen molar-refractivity contribution in [2.45, 2.75) is 6.54 Å². The van der Waals surface area contributed by atoms with E-state index in [-0.39, 0.29) is 29.0 Å². The van der Waals surface area contributed by atoms with Gasteiger partial charge >= 0.3 is 5.69 Å². The summed E-state index contributed by atoms with van der Waals surface area (Å²) in [6.45, 7) is 0.262. The van der Waals surface area contributed by atoms with Gasteiger partial charge in [0.1, 0.15) is 5.65 Å². The molecule has 0 fully saturated rings. The van der Waals surface area contributed by atoms with Crippen molar-refractivity contribution in [3.63, 3.8) is 0 Å². The highest BCUT2D eigenvalue weighted by Crippen LogP contribution is 2.22. The molecule has 0 N–H and O–H groups in total. The normalized spacial score (nSPS) is 11.0. The van der Waals surface area contributed by atoms with Crippen LogP contribution in [-0.4, -0.2) is 32.0 Å². The Morgan fingerprint density at radius 1 is 1.15 bits per heavy atom. The molecule has 3 rings (SSSR count). The summed E-state index contributed by atoms with van der Waals surface area (Å²) >= 11 is 12.1. The van der Waals surface area contributed by atoms with Gasteiger partial charge in [-0.3, -0.25) is 18.7 Å². The standard InChI is InChI=1S/C18H16Cl2N4O3/c1-22(9-10-4-5-12(19)7-14(10)20)16(25)11-6-13-15(21-8-11)23(2)18(27)24(3)17(13)26/h4-8H,9H2,1-3H3. The maximum atomic E-state index is 12.8. The van der Waals surface area contributed by atoms with E-state index in [9.17, 15) is 14.4 Å². The van der Waals surface area contributed by atoms with E-state index in [1.54, 1.807) is 25.2 Å². The van der Waals surface area contributed by atoms with Gasteiger partial charge in [0.25, 0.3) is 11.5 Å². The van der Waals surface area contributed by atoms with Gasteiger partial charge < -0.3 is 4.90 Å². The fourth-order valence-corrected chi connectivity index (χ4v) is 3.25. The van der Waals surface area contributed by atoms with Crippen LogP contribution in [0.5, 0.6) is 0 Å². The van der Waals surface area contributed by atoms with E-state index in [1.807, 2.05) is 0 Å². The lowest BCUT2D eigenvalue weighted by Gasteiger charge is -2.18. The molecule has 1 aromatic carbocycles. The summed E-state index contributed by atoms with van der Waals surface area (Å²) in [6, 6.07) is 6.51. The van der Waals surface area contributed by atoms with Gasteiger partial charge in [-0.05, 0) is 23.8 Å². The maximum Gasteiger partial charge on any atom is 0.332 e. The quantitative estimate of drug-likeness (QED) is 0.667. The summed E-state index contributed by atoms with van der Waals surface area (Å²) < 4.78 is 2.25. The molecule has 3 aromatic rings. The molecule has 0 spiro atoms. The first kappa shape index (κ1) is 19.1. The van der Waals surface area contributed by atoms with Crippen molar-refractivity contribution in [2.24, 2.45) is 14.1 Å². The Labute approximate surface area is 164 Å². The Bertz CT molecular complexity index is 1180. The van der Waals surface area contributed by atoms with Crippen LogP contribution in [-0.2, 0) is 20.6 Å². The fraction of sp³-hybridized carbons (Fsp3) is 0.222. The Kier molecular flexibility index (Phi) is 5.08. The van der Waals surface area contributed by atoms with Crippen LogP contribution in [0.25, 0.3) is 11.0 Å². The van der Waals surface area contributed by atoms with Crippen LogP contribution in [0.15, 0.2) is 40.1 Å². The summed E-state index contributed by atoms with van der Waals surface area (Å²) in [7, 11) is 4.52. The largest absolute Gasteiger partial charge is 0.337 e.